The van der Waals surface area contributed by atoms with Crippen molar-refractivity contribution in [2.24, 2.45) is 0 Å². The monoisotopic (exact) mass is 472 g/mol. The molecule has 0 amide bonds. The number of piperidine rings is 3. The van der Waals surface area contributed by atoms with Crippen molar-refractivity contribution in [3.63, 3.8) is 0 Å². The van der Waals surface area contributed by atoms with Gasteiger partial charge in [0, 0.05) is 52.5 Å². The number of methoxy groups -OCH3 is 1. The number of aromatic amines is 1. The van der Waals surface area contributed by atoms with Gasteiger partial charge in [-0.05, 0) is 100 Å². The molecule has 5 heterocycles. The van der Waals surface area contributed by atoms with Gasteiger partial charge in [-0.1, -0.05) is 19.4 Å². The molecule has 5 nitrogen and oxygen atoms in total. The van der Waals surface area contributed by atoms with Crippen molar-refractivity contribution in [3.05, 3.63) is 47.7 Å². The smallest absolute Gasteiger partial charge is 0.213 e. The molecular formula is C30H40N4O. The van der Waals surface area contributed by atoms with Crippen molar-refractivity contribution in [1.82, 2.24) is 19.8 Å². The molecule has 186 valence electrons. The number of likely N-dealkylation sites (tertiary alicyclic amines) is 1. The lowest BCUT2D eigenvalue weighted by Gasteiger charge is -2.50. The maximum Gasteiger partial charge on any atom is 0.213 e. The third kappa shape index (κ3) is 4.27. The molecule has 0 spiro atoms. The Kier molecular flexibility index (Phi) is 6.32. The minimum absolute atomic E-state index is 0.656. The van der Waals surface area contributed by atoms with E-state index in [1.807, 2.05) is 12.3 Å². The van der Waals surface area contributed by atoms with Gasteiger partial charge < -0.3 is 19.5 Å². The van der Waals surface area contributed by atoms with E-state index in [-0.39, 0.29) is 0 Å². The molecule has 1 aromatic carbocycles. The van der Waals surface area contributed by atoms with Crippen LogP contribution >= 0.6 is 0 Å². The molecule has 3 atom stereocenters. The molecule has 6 rings (SSSR count). The first-order valence-electron chi connectivity index (χ1n) is 13.8. The summed E-state index contributed by atoms with van der Waals surface area (Å²) >= 11 is 0. The Balaban J connectivity index is 1.19. The van der Waals surface area contributed by atoms with E-state index in [1.165, 1.54) is 85.8 Å². The fraction of sp³-hybridized carbons (Fsp3) is 0.567. The summed E-state index contributed by atoms with van der Waals surface area (Å²) in [6.07, 6.45) is 12.4. The van der Waals surface area contributed by atoms with Gasteiger partial charge in [0.25, 0.3) is 0 Å². The minimum atomic E-state index is 0.656. The molecule has 3 fully saturated rings. The van der Waals surface area contributed by atoms with Crippen LogP contribution in [0.25, 0.3) is 22.2 Å². The predicted octanol–water partition coefficient (Wildman–Crippen LogP) is 6.00. The predicted molar refractivity (Wildman–Crippen MR) is 143 cm³/mol. The van der Waals surface area contributed by atoms with Crippen LogP contribution in [-0.2, 0) is 6.42 Å². The largest absolute Gasteiger partial charge is 0.481 e. The van der Waals surface area contributed by atoms with Gasteiger partial charge in [0.1, 0.15) is 0 Å². The van der Waals surface area contributed by atoms with Crippen molar-refractivity contribution in [2.75, 3.05) is 27.2 Å². The van der Waals surface area contributed by atoms with Crippen molar-refractivity contribution >= 4 is 10.9 Å². The zero-order valence-electron chi connectivity index (χ0n) is 21.6. The molecule has 3 aliphatic rings. The number of nitrogens with one attached hydrogen (secondary N) is 1. The quantitative estimate of drug-likeness (QED) is 0.495. The second-order valence-electron chi connectivity index (χ2n) is 11.1. The maximum atomic E-state index is 5.37. The molecule has 3 aromatic rings. The Morgan fingerprint density at radius 2 is 1.77 bits per heavy atom. The summed E-state index contributed by atoms with van der Waals surface area (Å²) in [5, 5.41) is 1.38. The fourth-order valence-electron chi connectivity index (χ4n) is 7.29. The Morgan fingerprint density at radius 1 is 1.00 bits per heavy atom. The lowest BCUT2D eigenvalue weighted by atomic mass is 9.80. The highest BCUT2D eigenvalue weighted by atomic mass is 16.5. The summed E-state index contributed by atoms with van der Waals surface area (Å²) in [6.45, 7) is 4.77. The van der Waals surface area contributed by atoms with Crippen LogP contribution in [0, 0.1) is 0 Å². The Bertz CT molecular complexity index is 1160. The Hall–Kier alpha value is -2.37. The highest BCUT2D eigenvalue weighted by molar-refractivity contribution is 5.91. The average molecular weight is 473 g/mol. The summed E-state index contributed by atoms with van der Waals surface area (Å²) in [6, 6.07) is 13.7. The SMILES string of the molecule is CCc1c(-c2ccnc(OC)c2)[nH]c2ccc(C3CCN([C@@H]4C[C@H]5CCC[C@@H](C4)N5C)CC3)cc12. The third-order valence-electron chi connectivity index (χ3n) is 9.35. The number of fused-ring (bicyclic) bond motifs is 3. The number of aromatic nitrogens is 2. The number of benzene rings is 1. The molecule has 2 aromatic heterocycles. The molecule has 0 aliphatic carbocycles. The number of H-pyrrole nitrogens is 1. The highest BCUT2D eigenvalue weighted by Gasteiger charge is 2.39. The van der Waals surface area contributed by atoms with Crippen molar-refractivity contribution in [2.45, 2.75) is 82.3 Å². The van der Waals surface area contributed by atoms with Gasteiger partial charge in [-0.25, -0.2) is 4.98 Å². The van der Waals surface area contributed by atoms with Crippen molar-refractivity contribution < 1.29 is 4.74 Å². The van der Waals surface area contributed by atoms with E-state index >= 15 is 0 Å². The van der Waals surface area contributed by atoms with Crippen LogP contribution in [0.3, 0.4) is 0 Å². The van der Waals surface area contributed by atoms with E-state index in [1.54, 1.807) is 7.11 Å². The van der Waals surface area contributed by atoms with Crippen LogP contribution in [0.5, 0.6) is 5.88 Å². The molecule has 35 heavy (non-hydrogen) atoms. The zero-order valence-corrected chi connectivity index (χ0v) is 21.6. The number of pyridine rings is 1. The minimum Gasteiger partial charge on any atom is -0.481 e. The lowest BCUT2D eigenvalue weighted by molar-refractivity contribution is 0.00179. The molecule has 0 saturated carbocycles. The first kappa shape index (κ1) is 23.1. The number of ether oxygens (including phenoxy) is 1. The molecule has 0 radical (unpaired) electrons. The van der Waals surface area contributed by atoms with Crippen LogP contribution in [0.1, 0.15) is 68.9 Å². The Morgan fingerprint density at radius 3 is 2.49 bits per heavy atom. The van der Waals surface area contributed by atoms with E-state index in [9.17, 15) is 0 Å². The van der Waals surface area contributed by atoms with Gasteiger partial charge in [0.2, 0.25) is 5.88 Å². The Labute approximate surface area is 209 Å². The molecule has 5 heteroatoms. The van der Waals surface area contributed by atoms with Crippen LogP contribution in [0.15, 0.2) is 36.5 Å². The van der Waals surface area contributed by atoms with Crippen LogP contribution < -0.4 is 4.74 Å². The van der Waals surface area contributed by atoms with Gasteiger partial charge in [0.05, 0.1) is 7.11 Å². The molecule has 3 aliphatic heterocycles. The fourth-order valence-corrected chi connectivity index (χ4v) is 7.29. The average Bonchev–Trinajstić information content (AvgIpc) is 3.26. The van der Waals surface area contributed by atoms with Gasteiger partial charge in [-0.2, -0.15) is 0 Å². The molecule has 3 saturated heterocycles. The molecule has 0 unspecified atom stereocenters. The summed E-state index contributed by atoms with van der Waals surface area (Å²) in [5.41, 5.74) is 6.48. The standard InChI is InChI=1S/C30H40N4O/c1-4-26-27-16-21(8-9-28(27)32-30(26)22-10-13-31-29(17-22)35-3)20-11-14-34(15-12-20)25-18-23-6-5-7-24(19-25)33(23)2/h8-10,13,16-17,20,23-25,32H,4-7,11-12,14-15,18-19H2,1-3H3/t23-,24+,25-. The van der Waals surface area contributed by atoms with E-state index in [2.05, 4.69) is 58.0 Å². The first-order chi connectivity index (χ1) is 17.1. The van der Waals surface area contributed by atoms with Crippen molar-refractivity contribution in [3.8, 4) is 17.1 Å². The summed E-state index contributed by atoms with van der Waals surface area (Å²) in [7, 11) is 4.04. The summed E-state index contributed by atoms with van der Waals surface area (Å²) in [5.74, 6) is 1.33. The number of hydrogen-bond donors (Lipinski definition) is 1. The first-order valence-corrected chi connectivity index (χ1v) is 13.8. The van der Waals surface area contributed by atoms with E-state index in [0.717, 1.165) is 30.1 Å². The number of hydrogen-bond acceptors (Lipinski definition) is 4. The summed E-state index contributed by atoms with van der Waals surface area (Å²) in [4.78, 5) is 13.5. The van der Waals surface area contributed by atoms with Gasteiger partial charge >= 0.3 is 0 Å². The molecule has 1 N–H and O–H groups in total. The van der Waals surface area contributed by atoms with Crippen molar-refractivity contribution in [1.29, 1.82) is 0 Å². The third-order valence-corrected chi connectivity index (χ3v) is 9.35. The second-order valence-corrected chi connectivity index (χ2v) is 11.1. The number of aryl methyl sites for hydroxylation is 1. The van der Waals surface area contributed by atoms with E-state index < -0.39 is 0 Å². The van der Waals surface area contributed by atoms with Gasteiger partial charge in [0.15, 0.2) is 0 Å². The van der Waals surface area contributed by atoms with Crippen LogP contribution in [-0.4, -0.2) is 65.1 Å². The van der Waals surface area contributed by atoms with Gasteiger partial charge in [-0.15, -0.1) is 0 Å². The topological polar surface area (TPSA) is 44.4 Å². The second kappa shape index (κ2) is 9.59. The highest BCUT2D eigenvalue weighted by Crippen LogP contribution is 2.39. The zero-order chi connectivity index (χ0) is 23.9. The summed E-state index contributed by atoms with van der Waals surface area (Å²) < 4.78 is 5.37. The molecular weight excluding hydrogens is 432 g/mol. The number of nitrogens with zero attached hydrogens (tertiary/aromatic N) is 3. The van der Waals surface area contributed by atoms with Crippen LogP contribution in [0.2, 0.25) is 0 Å². The number of rotatable bonds is 5. The molecule has 2 bridgehead atoms. The lowest BCUT2D eigenvalue weighted by Crippen LogP contribution is -2.56. The van der Waals surface area contributed by atoms with E-state index in [0.29, 0.717) is 11.8 Å². The normalized spacial score (nSPS) is 26.3. The van der Waals surface area contributed by atoms with Crippen LogP contribution in [0.4, 0.5) is 0 Å². The van der Waals surface area contributed by atoms with Gasteiger partial charge in [-0.3, -0.25) is 0 Å². The van der Waals surface area contributed by atoms with E-state index in [4.69, 9.17) is 4.74 Å². The maximum absolute atomic E-state index is 5.37.